The monoisotopic (exact) mass is 301 g/mol. The van der Waals surface area contributed by atoms with Crippen LogP contribution in [0.5, 0.6) is 0 Å². The second-order valence-electron chi connectivity index (χ2n) is 4.12. The van der Waals surface area contributed by atoms with Crippen LogP contribution < -0.4 is 10.4 Å². The van der Waals surface area contributed by atoms with Crippen LogP contribution in [0, 0.1) is 10.1 Å². The van der Waals surface area contributed by atoms with Gasteiger partial charge in [-0.05, 0) is 18.2 Å². The highest BCUT2D eigenvalue weighted by atomic mass is 16.6. The number of hydrogen-bond acceptors (Lipinski definition) is 6. The second kappa shape index (κ2) is 6.35. The molecule has 0 bridgehead atoms. The van der Waals surface area contributed by atoms with Crippen LogP contribution in [0.4, 0.5) is 5.69 Å². The Labute approximate surface area is 123 Å². The molecule has 8 nitrogen and oxygen atoms in total. The van der Waals surface area contributed by atoms with Gasteiger partial charge in [0.2, 0.25) is 0 Å². The summed E-state index contributed by atoms with van der Waals surface area (Å²) < 4.78 is 4.94. The highest BCUT2D eigenvalue weighted by Gasteiger charge is 2.13. The van der Waals surface area contributed by atoms with E-state index in [1.54, 1.807) is 6.07 Å². The largest absolute Gasteiger partial charge is 0.543 e. The first-order chi connectivity index (χ1) is 10.5. The predicted octanol–water partition coefficient (Wildman–Crippen LogP) is 0.709. The van der Waals surface area contributed by atoms with Gasteiger partial charge in [0.1, 0.15) is 5.76 Å². The highest BCUT2D eigenvalue weighted by Crippen LogP contribution is 2.13. The normalized spacial score (nSPS) is 11.0. The van der Waals surface area contributed by atoms with E-state index in [0.29, 0.717) is 0 Å². The summed E-state index contributed by atoms with van der Waals surface area (Å²) in [6, 6.07) is 7.93. The Morgan fingerprint density at radius 2 is 2.00 bits per heavy atom. The summed E-state index contributed by atoms with van der Waals surface area (Å²) in [7, 11) is 0. The number of amides is 1. The Bertz CT molecular complexity index is 748. The van der Waals surface area contributed by atoms with Crippen molar-refractivity contribution >= 4 is 23.6 Å². The molecule has 112 valence electrons. The number of hydrogen-bond donors (Lipinski definition) is 1. The Kier molecular flexibility index (Phi) is 4.33. The molecule has 0 aliphatic rings. The lowest BCUT2D eigenvalue weighted by Gasteiger charge is -2.10. The van der Waals surface area contributed by atoms with Gasteiger partial charge in [0.05, 0.1) is 22.9 Å². The van der Waals surface area contributed by atoms with Gasteiger partial charge in [-0.3, -0.25) is 14.9 Å². The Morgan fingerprint density at radius 1 is 1.23 bits per heavy atom. The first-order valence-electron chi connectivity index (χ1n) is 6.00. The first kappa shape index (κ1) is 15.0. The third-order valence-corrected chi connectivity index (χ3v) is 2.62. The summed E-state index contributed by atoms with van der Waals surface area (Å²) in [5, 5.41) is 23.8. The molecule has 0 saturated heterocycles. The molecule has 0 spiro atoms. The van der Waals surface area contributed by atoms with Crippen molar-refractivity contribution in [3.05, 3.63) is 69.8 Å². The fourth-order valence-electron chi connectivity index (χ4n) is 1.62. The van der Waals surface area contributed by atoms with E-state index in [1.807, 2.05) is 0 Å². The third-order valence-electron chi connectivity index (χ3n) is 2.62. The fraction of sp³-hybridized carbons (Fsp3) is 0. The number of carbonyl (C=O) groups excluding carboxylic acids is 2. The Morgan fingerprint density at radius 3 is 2.59 bits per heavy atom. The van der Waals surface area contributed by atoms with Gasteiger partial charge < -0.3 is 19.6 Å². The topological polar surface area (TPSA) is 126 Å². The minimum absolute atomic E-state index is 0.0548. The molecule has 0 aliphatic carbocycles. The maximum Gasteiger partial charge on any atom is 0.270 e. The van der Waals surface area contributed by atoms with Gasteiger partial charge >= 0.3 is 0 Å². The molecule has 2 aromatic rings. The van der Waals surface area contributed by atoms with E-state index in [-0.39, 0.29) is 17.0 Å². The number of carbonyl (C=O) groups is 2. The minimum Gasteiger partial charge on any atom is -0.543 e. The second-order valence-corrected chi connectivity index (χ2v) is 4.12. The van der Waals surface area contributed by atoms with Gasteiger partial charge in [-0.15, -0.1) is 0 Å². The summed E-state index contributed by atoms with van der Waals surface area (Å²) in [5.74, 6) is -2.22. The molecule has 0 unspecified atom stereocenters. The molecule has 0 radical (unpaired) electrons. The van der Waals surface area contributed by atoms with E-state index >= 15 is 0 Å². The van der Waals surface area contributed by atoms with Gasteiger partial charge in [-0.25, -0.2) is 0 Å². The zero-order chi connectivity index (χ0) is 16.1. The molecule has 0 atom stereocenters. The van der Waals surface area contributed by atoms with E-state index in [4.69, 9.17) is 4.42 Å². The van der Waals surface area contributed by atoms with Crippen molar-refractivity contribution in [2.24, 2.45) is 0 Å². The molecule has 1 amide bonds. The number of benzene rings is 1. The van der Waals surface area contributed by atoms with Crippen LogP contribution in [-0.2, 0) is 4.79 Å². The molecule has 0 fully saturated rings. The fourth-order valence-corrected chi connectivity index (χ4v) is 1.62. The number of non-ortho nitro benzene ring substituents is 1. The molecular formula is C14H9N2O6-. The number of rotatable bonds is 5. The van der Waals surface area contributed by atoms with Gasteiger partial charge in [-0.2, -0.15) is 0 Å². The number of carboxylic acids is 1. The summed E-state index contributed by atoms with van der Waals surface area (Å²) in [5.41, 5.74) is -0.857. The summed E-state index contributed by atoms with van der Waals surface area (Å²) in [6.07, 6.45) is 2.41. The van der Waals surface area contributed by atoms with Crippen molar-refractivity contribution in [3.63, 3.8) is 0 Å². The smallest absolute Gasteiger partial charge is 0.270 e. The molecule has 22 heavy (non-hydrogen) atoms. The number of nitro groups is 1. The van der Waals surface area contributed by atoms with E-state index < -0.39 is 22.5 Å². The third kappa shape index (κ3) is 3.57. The highest BCUT2D eigenvalue weighted by molar-refractivity contribution is 6.02. The maximum absolute atomic E-state index is 12.0. The first-order valence-corrected chi connectivity index (χ1v) is 6.00. The van der Waals surface area contributed by atoms with Crippen molar-refractivity contribution in [1.29, 1.82) is 0 Å². The molecule has 0 saturated carbocycles. The number of nitrogens with one attached hydrogen (secondary N) is 1. The van der Waals surface area contributed by atoms with Crippen molar-refractivity contribution in [2.45, 2.75) is 0 Å². The lowest BCUT2D eigenvalue weighted by atomic mass is 10.2. The number of nitro benzene ring substituents is 1. The number of carboxylic acid groups (broad SMARTS) is 1. The van der Waals surface area contributed by atoms with Crippen LogP contribution >= 0.6 is 0 Å². The Hall–Kier alpha value is -3.42. The summed E-state index contributed by atoms with van der Waals surface area (Å²) in [4.78, 5) is 33.0. The van der Waals surface area contributed by atoms with Crippen LogP contribution in [0.25, 0.3) is 6.08 Å². The zero-order valence-electron chi connectivity index (χ0n) is 11.0. The zero-order valence-corrected chi connectivity index (χ0v) is 11.0. The van der Waals surface area contributed by atoms with Crippen LogP contribution in [-0.4, -0.2) is 16.8 Å². The van der Waals surface area contributed by atoms with Crippen molar-refractivity contribution in [3.8, 4) is 0 Å². The van der Waals surface area contributed by atoms with E-state index in [9.17, 15) is 24.8 Å². The quantitative estimate of drug-likeness (QED) is 0.492. The van der Waals surface area contributed by atoms with Crippen LogP contribution in [0.15, 0.2) is 52.8 Å². The van der Waals surface area contributed by atoms with E-state index in [2.05, 4.69) is 5.32 Å². The number of furan rings is 1. The average molecular weight is 301 g/mol. The molecular weight excluding hydrogens is 292 g/mol. The molecule has 1 aromatic carbocycles. The molecule has 1 N–H and O–H groups in total. The molecule has 8 heteroatoms. The molecule has 1 aromatic heterocycles. The molecule has 1 heterocycles. The molecule has 0 aliphatic heterocycles. The summed E-state index contributed by atoms with van der Waals surface area (Å²) >= 11 is 0. The van der Waals surface area contributed by atoms with Gasteiger partial charge in [-0.1, -0.05) is 6.07 Å². The number of nitrogens with zero attached hydrogens (tertiary/aromatic N) is 1. The SMILES string of the molecule is O=C([O-])C(=Cc1ccco1)NC(=O)c1cccc([N+](=O)[O-])c1. The van der Waals surface area contributed by atoms with E-state index in [1.165, 1.54) is 30.5 Å². The lowest BCUT2D eigenvalue weighted by Crippen LogP contribution is -2.35. The lowest BCUT2D eigenvalue weighted by molar-refractivity contribution is -0.384. The van der Waals surface area contributed by atoms with Gasteiger partial charge in [0.25, 0.3) is 11.6 Å². The van der Waals surface area contributed by atoms with E-state index in [0.717, 1.165) is 12.1 Å². The predicted molar refractivity (Wildman–Crippen MR) is 72.3 cm³/mol. The average Bonchev–Trinajstić information content (AvgIpc) is 2.99. The van der Waals surface area contributed by atoms with Crippen molar-refractivity contribution < 1.29 is 24.0 Å². The molecule has 2 rings (SSSR count). The maximum atomic E-state index is 12.0. The minimum atomic E-state index is -1.62. The standard InChI is InChI=1S/C14H10N2O6/c17-13(9-3-1-4-10(7-9)16(20)21)15-12(14(18)19)8-11-5-2-6-22-11/h1-8H,(H,15,17)(H,18,19)/p-1. The summed E-state index contributed by atoms with van der Waals surface area (Å²) in [6.45, 7) is 0. The Balaban J connectivity index is 2.24. The van der Waals surface area contributed by atoms with Crippen LogP contribution in [0.2, 0.25) is 0 Å². The van der Waals surface area contributed by atoms with Gasteiger partial charge in [0, 0.05) is 23.8 Å². The van der Waals surface area contributed by atoms with Crippen molar-refractivity contribution in [1.82, 2.24) is 5.32 Å². The van der Waals surface area contributed by atoms with Gasteiger partial charge in [0.15, 0.2) is 0 Å². The van der Waals surface area contributed by atoms with Crippen LogP contribution in [0.3, 0.4) is 0 Å². The van der Waals surface area contributed by atoms with Crippen LogP contribution in [0.1, 0.15) is 16.1 Å². The van der Waals surface area contributed by atoms with Crippen molar-refractivity contribution in [2.75, 3.05) is 0 Å². The number of aliphatic carboxylic acids is 1.